The highest BCUT2D eigenvalue weighted by Gasteiger charge is 2.20. The van der Waals surface area contributed by atoms with Gasteiger partial charge in [-0.1, -0.05) is 12.1 Å². The Bertz CT molecular complexity index is 681. The van der Waals surface area contributed by atoms with Gasteiger partial charge in [0.2, 0.25) is 10.0 Å². The molecule has 0 spiro atoms. The van der Waals surface area contributed by atoms with Gasteiger partial charge in [-0.15, -0.1) is 0 Å². The zero-order valence-electron chi connectivity index (χ0n) is 12.3. The Morgan fingerprint density at radius 3 is 2.52 bits per heavy atom. The lowest BCUT2D eigenvalue weighted by Crippen LogP contribution is -2.30. The molecule has 1 heterocycles. The topological polar surface area (TPSA) is 86.9 Å². The molecule has 0 radical (unpaired) electrons. The number of H-pyrrole nitrogens is 1. The molecule has 7 heteroatoms. The van der Waals surface area contributed by atoms with E-state index in [4.69, 9.17) is 0 Å². The highest BCUT2D eigenvalue weighted by atomic mass is 32.2. The summed E-state index contributed by atoms with van der Waals surface area (Å²) in [5, 5.41) is 3.18. The molecular formula is C14H20N4O2S. The Kier molecular flexibility index (Phi) is 4.64. The quantitative estimate of drug-likeness (QED) is 0.764. The molecule has 0 fully saturated rings. The largest absolute Gasteiger partial charge is 0.374 e. The number of nitrogens with zero attached hydrogens (tertiary/aromatic N) is 1. The number of hydrogen-bond acceptors (Lipinski definition) is 4. The summed E-state index contributed by atoms with van der Waals surface area (Å²) in [4.78, 5) is 7.41. The Morgan fingerprint density at radius 2 is 1.90 bits per heavy atom. The van der Waals surface area contributed by atoms with Crippen molar-refractivity contribution in [1.82, 2.24) is 14.7 Å². The number of sulfonamides is 1. The van der Waals surface area contributed by atoms with Crippen molar-refractivity contribution in [2.24, 2.45) is 0 Å². The first kappa shape index (κ1) is 15.5. The van der Waals surface area contributed by atoms with Crippen LogP contribution in [0.25, 0.3) is 0 Å². The second-order valence-corrected chi connectivity index (χ2v) is 6.79. The number of anilines is 1. The van der Waals surface area contributed by atoms with Gasteiger partial charge in [0.1, 0.15) is 10.7 Å². The predicted octanol–water partition coefficient (Wildman–Crippen LogP) is 2.27. The van der Waals surface area contributed by atoms with Crippen LogP contribution in [-0.4, -0.2) is 24.4 Å². The van der Waals surface area contributed by atoms with Crippen molar-refractivity contribution in [3.63, 3.8) is 0 Å². The summed E-state index contributed by atoms with van der Waals surface area (Å²) in [6.45, 7) is 5.50. The Balaban J connectivity index is 2.29. The van der Waals surface area contributed by atoms with Gasteiger partial charge in [0.15, 0.2) is 0 Å². The molecule has 6 nitrogen and oxygen atoms in total. The Hall–Kier alpha value is -1.86. The van der Waals surface area contributed by atoms with E-state index in [0.717, 1.165) is 5.82 Å². The van der Waals surface area contributed by atoms with Crippen LogP contribution in [0, 0.1) is 0 Å². The third-order valence-electron chi connectivity index (χ3n) is 2.87. The van der Waals surface area contributed by atoms with Crippen molar-refractivity contribution in [1.29, 1.82) is 0 Å². The maximum atomic E-state index is 12.4. The van der Waals surface area contributed by atoms with E-state index in [2.05, 4.69) is 20.0 Å². The van der Waals surface area contributed by atoms with Gasteiger partial charge in [0, 0.05) is 18.4 Å². The number of nitrogens with one attached hydrogen (secondary N) is 3. The Morgan fingerprint density at radius 1 is 1.19 bits per heavy atom. The van der Waals surface area contributed by atoms with E-state index in [1.807, 2.05) is 6.92 Å². The maximum absolute atomic E-state index is 12.4. The number of hydrogen-bond donors (Lipinski definition) is 3. The minimum atomic E-state index is -3.55. The minimum absolute atomic E-state index is 0.129. The highest BCUT2D eigenvalue weighted by Crippen LogP contribution is 2.24. The zero-order chi connectivity index (χ0) is 15.5. The van der Waals surface area contributed by atoms with Gasteiger partial charge in [-0.25, -0.2) is 18.1 Å². The van der Waals surface area contributed by atoms with E-state index >= 15 is 0 Å². The van der Waals surface area contributed by atoms with Crippen molar-refractivity contribution < 1.29 is 8.42 Å². The van der Waals surface area contributed by atoms with Crippen molar-refractivity contribution in [3.8, 4) is 0 Å². The third kappa shape index (κ3) is 3.83. The summed E-state index contributed by atoms with van der Waals surface area (Å²) in [5.74, 6) is 0.749. The van der Waals surface area contributed by atoms with Crippen LogP contribution in [0.5, 0.6) is 0 Å². The van der Waals surface area contributed by atoms with Gasteiger partial charge in [-0.3, -0.25) is 0 Å². The minimum Gasteiger partial charge on any atom is -0.374 e. The van der Waals surface area contributed by atoms with E-state index in [0.29, 0.717) is 5.69 Å². The molecule has 2 rings (SSSR count). The zero-order valence-corrected chi connectivity index (χ0v) is 13.1. The molecule has 1 atom stereocenters. The normalized spacial score (nSPS) is 13.3. The lowest BCUT2D eigenvalue weighted by atomic mass is 10.2. The third-order valence-corrected chi connectivity index (χ3v) is 4.59. The number of para-hydroxylation sites is 1. The lowest BCUT2D eigenvalue weighted by Gasteiger charge is -2.17. The molecule has 0 bridgehead atoms. The monoisotopic (exact) mass is 308 g/mol. The van der Waals surface area contributed by atoms with Gasteiger partial charge >= 0.3 is 0 Å². The second kappa shape index (κ2) is 6.28. The summed E-state index contributed by atoms with van der Waals surface area (Å²) >= 11 is 0. The highest BCUT2D eigenvalue weighted by molar-refractivity contribution is 7.89. The van der Waals surface area contributed by atoms with Crippen LogP contribution in [0.2, 0.25) is 0 Å². The van der Waals surface area contributed by atoms with Crippen molar-refractivity contribution in [3.05, 3.63) is 42.5 Å². The van der Waals surface area contributed by atoms with E-state index < -0.39 is 10.0 Å². The molecule has 1 aromatic carbocycles. The van der Waals surface area contributed by atoms with Crippen LogP contribution < -0.4 is 10.0 Å². The first-order valence-electron chi connectivity index (χ1n) is 6.77. The molecule has 2 aromatic rings. The molecule has 21 heavy (non-hydrogen) atoms. The van der Waals surface area contributed by atoms with Crippen LogP contribution in [0.1, 0.15) is 32.6 Å². The van der Waals surface area contributed by atoms with E-state index in [-0.39, 0.29) is 17.0 Å². The SMILES string of the molecule is CC(C)NS(=O)(=O)c1ccccc1NC(C)c1ncc[nH]1. The maximum Gasteiger partial charge on any atom is 0.242 e. The number of aromatic nitrogens is 2. The van der Waals surface area contributed by atoms with Crippen molar-refractivity contribution >= 4 is 15.7 Å². The van der Waals surface area contributed by atoms with Gasteiger partial charge in [0.25, 0.3) is 0 Å². The summed E-state index contributed by atoms with van der Waals surface area (Å²) < 4.78 is 27.3. The fourth-order valence-electron chi connectivity index (χ4n) is 2.01. The first-order valence-corrected chi connectivity index (χ1v) is 8.25. The van der Waals surface area contributed by atoms with Crippen molar-refractivity contribution in [2.45, 2.75) is 37.8 Å². The molecule has 0 saturated carbocycles. The molecule has 0 amide bonds. The standard InChI is InChI=1S/C14H20N4O2S/c1-10(2)18-21(19,20)13-7-5-4-6-12(13)17-11(3)14-15-8-9-16-14/h4-11,17-18H,1-3H3,(H,15,16). The smallest absolute Gasteiger partial charge is 0.242 e. The molecule has 1 aromatic heterocycles. The number of aromatic amines is 1. The van der Waals surface area contributed by atoms with Crippen LogP contribution in [0.3, 0.4) is 0 Å². The average Bonchev–Trinajstić information content (AvgIpc) is 2.91. The number of benzene rings is 1. The first-order chi connectivity index (χ1) is 9.90. The Labute approximate surface area is 125 Å². The van der Waals surface area contributed by atoms with Crippen LogP contribution in [0.15, 0.2) is 41.6 Å². The van der Waals surface area contributed by atoms with Gasteiger partial charge < -0.3 is 10.3 Å². The second-order valence-electron chi connectivity index (χ2n) is 5.11. The van der Waals surface area contributed by atoms with E-state index in [1.54, 1.807) is 50.5 Å². The molecule has 0 aliphatic carbocycles. The molecule has 0 aliphatic rings. The summed E-state index contributed by atoms with van der Waals surface area (Å²) in [7, 11) is -3.55. The van der Waals surface area contributed by atoms with E-state index in [9.17, 15) is 8.42 Å². The fourth-order valence-corrected chi connectivity index (χ4v) is 3.43. The van der Waals surface area contributed by atoms with E-state index in [1.165, 1.54) is 0 Å². The van der Waals surface area contributed by atoms with Gasteiger partial charge in [-0.05, 0) is 32.9 Å². The summed E-state index contributed by atoms with van der Waals surface area (Å²) in [6.07, 6.45) is 3.40. The van der Waals surface area contributed by atoms with Crippen LogP contribution >= 0.6 is 0 Å². The molecule has 3 N–H and O–H groups in total. The van der Waals surface area contributed by atoms with Crippen LogP contribution in [0.4, 0.5) is 5.69 Å². The summed E-state index contributed by atoms with van der Waals surface area (Å²) in [6, 6.07) is 6.54. The molecule has 1 unspecified atom stereocenters. The van der Waals surface area contributed by atoms with Gasteiger partial charge in [0.05, 0.1) is 11.7 Å². The average molecular weight is 308 g/mol. The van der Waals surface area contributed by atoms with Gasteiger partial charge in [-0.2, -0.15) is 0 Å². The lowest BCUT2D eigenvalue weighted by molar-refractivity contribution is 0.570. The number of rotatable bonds is 6. The fraction of sp³-hybridized carbons (Fsp3) is 0.357. The van der Waals surface area contributed by atoms with Crippen LogP contribution in [-0.2, 0) is 10.0 Å². The van der Waals surface area contributed by atoms with Crippen molar-refractivity contribution in [2.75, 3.05) is 5.32 Å². The number of imidazole rings is 1. The molecule has 0 saturated heterocycles. The predicted molar refractivity (Wildman–Crippen MR) is 82.5 cm³/mol. The molecule has 0 aliphatic heterocycles. The summed E-state index contributed by atoms with van der Waals surface area (Å²) in [5.41, 5.74) is 0.551. The molecular weight excluding hydrogens is 288 g/mol. The molecule has 114 valence electrons.